The highest BCUT2D eigenvalue weighted by Gasteiger charge is 2.23. The number of hydrogen-bond donors (Lipinski definition) is 1. The van der Waals surface area contributed by atoms with E-state index in [1.165, 1.54) is 17.3 Å². The number of carbonyl (C=O) groups excluding carboxylic acids is 1. The van der Waals surface area contributed by atoms with Gasteiger partial charge in [0.2, 0.25) is 11.8 Å². The Labute approximate surface area is 132 Å². The van der Waals surface area contributed by atoms with Crippen molar-refractivity contribution in [2.24, 2.45) is 0 Å². The fourth-order valence-corrected chi connectivity index (χ4v) is 3.01. The fraction of sp³-hybridized carbons (Fsp3) is 0.400. The van der Waals surface area contributed by atoms with E-state index in [0.717, 1.165) is 17.7 Å². The number of rotatable bonds is 5. The fourth-order valence-electron chi connectivity index (χ4n) is 2.20. The maximum Gasteiger partial charge on any atom is 0.322 e. The molecule has 1 aromatic carbocycles. The molecule has 0 spiro atoms. The number of hydrogen-bond acceptors (Lipinski definition) is 6. The molecule has 22 heavy (non-hydrogen) atoms. The molecular formula is C15H17N3O3S. The first kappa shape index (κ1) is 15.1. The number of benzene rings is 1. The van der Waals surface area contributed by atoms with E-state index >= 15 is 0 Å². The summed E-state index contributed by atoms with van der Waals surface area (Å²) in [6, 6.07) is 8.14. The quantitative estimate of drug-likeness (QED) is 0.854. The van der Waals surface area contributed by atoms with Crippen LogP contribution in [0.25, 0.3) is 0 Å². The normalized spacial score (nSPS) is 17.6. The first-order valence-corrected chi connectivity index (χ1v) is 8.13. The second kappa shape index (κ2) is 6.93. The van der Waals surface area contributed by atoms with Gasteiger partial charge in [-0.3, -0.25) is 10.1 Å². The number of nitrogens with one attached hydrogen (secondary N) is 1. The van der Waals surface area contributed by atoms with E-state index in [1.807, 2.05) is 31.2 Å². The molecule has 116 valence electrons. The van der Waals surface area contributed by atoms with Gasteiger partial charge in [0.15, 0.2) is 0 Å². The Bertz CT molecular complexity index is 653. The van der Waals surface area contributed by atoms with Crippen molar-refractivity contribution in [2.75, 3.05) is 17.7 Å². The number of thioether (sulfide) groups is 1. The molecular weight excluding hydrogens is 302 g/mol. The average Bonchev–Trinajstić information content (AvgIpc) is 3.16. The summed E-state index contributed by atoms with van der Waals surface area (Å²) in [6.45, 7) is 2.73. The second-order valence-electron chi connectivity index (χ2n) is 5.10. The van der Waals surface area contributed by atoms with E-state index in [1.54, 1.807) is 0 Å². The number of aryl methyl sites for hydroxylation is 1. The molecule has 0 saturated carbocycles. The maximum absolute atomic E-state index is 11.9. The molecule has 0 aliphatic carbocycles. The average molecular weight is 319 g/mol. The van der Waals surface area contributed by atoms with Crippen molar-refractivity contribution < 1.29 is 13.9 Å². The monoisotopic (exact) mass is 319 g/mol. The molecule has 0 bridgehead atoms. The summed E-state index contributed by atoms with van der Waals surface area (Å²) in [5.41, 5.74) is 1.17. The molecule has 1 amide bonds. The Balaban J connectivity index is 1.51. The van der Waals surface area contributed by atoms with Crippen LogP contribution in [-0.2, 0) is 9.53 Å². The molecule has 3 rings (SSSR count). The van der Waals surface area contributed by atoms with Crippen LogP contribution in [-0.4, -0.2) is 28.5 Å². The molecule has 0 unspecified atom stereocenters. The standard InChI is InChI=1S/C15H17N3O3S/c1-10-4-2-5-11(8-10)22-9-13(19)16-15-18-17-14(21-15)12-6-3-7-20-12/h2,4-5,8,12H,3,6-7,9H2,1H3,(H,16,18,19)/t12-/m1/s1. The summed E-state index contributed by atoms with van der Waals surface area (Å²) >= 11 is 1.47. The van der Waals surface area contributed by atoms with Gasteiger partial charge >= 0.3 is 6.01 Å². The van der Waals surface area contributed by atoms with Gasteiger partial charge in [0, 0.05) is 11.5 Å². The van der Waals surface area contributed by atoms with E-state index in [0.29, 0.717) is 18.3 Å². The zero-order valence-corrected chi connectivity index (χ0v) is 13.1. The van der Waals surface area contributed by atoms with Gasteiger partial charge < -0.3 is 9.15 Å². The number of anilines is 1. The van der Waals surface area contributed by atoms with Crippen molar-refractivity contribution in [1.29, 1.82) is 0 Å². The zero-order chi connectivity index (χ0) is 15.4. The molecule has 0 radical (unpaired) electrons. The first-order valence-electron chi connectivity index (χ1n) is 7.15. The van der Waals surface area contributed by atoms with Gasteiger partial charge in [-0.1, -0.05) is 22.8 Å². The molecule has 2 heterocycles. The SMILES string of the molecule is Cc1cccc(SCC(=O)Nc2nnc([C@H]3CCCO3)o2)c1. The van der Waals surface area contributed by atoms with Crippen LogP contribution in [0.5, 0.6) is 0 Å². The summed E-state index contributed by atoms with van der Waals surface area (Å²) < 4.78 is 10.9. The van der Waals surface area contributed by atoms with E-state index in [2.05, 4.69) is 15.5 Å². The molecule has 2 aromatic rings. The third-order valence-corrected chi connectivity index (χ3v) is 4.25. The summed E-state index contributed by atoms with van der Waals surface area (Å²) in [7, 11) is 0. The minimum atomic E-state index is -0.172. The van der Waals surface area contributed by atoms with E-state index in [9.17, 15) is 4.79 Å². The topological polar surface area (TPSA) is 77.2 Å². The van der Waals surface area contributed by atoms with Gasteiger partial charge in [-0.15, -0.1) is 16.9 Å². The van der Waals surface area contributed by atoms with Crippen molar-refractivity contribution in [1.82, 2.24) is 10.2 Å². The molecule has 7 heteroatoms. The van der Waals surface area contributed by atoms with E-state index in [-0.39, 0.29) is 18.0 Å². The van der Waals surface area contributed by atoms with Crippen LogP contribution in [0.15, 0.2) is 33.6 Å². The number of aromatic nitrogens is 2. The Morgan fingerprint density at radius 3 is 3.14 bits per heavy atom. The smallest absolute Gasteiger partial charge is 0.322 e. The largest absolute Gasteiger partial charge is 0.405 e. The molecule has 1 saturated heterocycles. The highest BCUT2D eigenvalue weighted by Crippen LogP contribution is 2.28. The highest BCUT2D eigenvalue weighted by molar-refractivity contribution is 8.00. The molecule has 1 aliphatic rings. The van der Waals surface area contributed by atoms with Gasteiger partial charge in [-0.05, 0) is 31.9 Å². The lowest BCUT2D eigenvalue weighted by atomic mass is 10.2. The minimum Gasteiger partial charge on any atom is -0.405 e. The number of amides is 1. The Hall–Kier alpha value is -1.86. The molecule has 1 aromatic heterocycles. The molecule has 1 atom stereocenters. The Morgan fingerprint density at radius 2 is 2.36 bits per heavy atom. The number of nitrogens with zero attached hydrogens (tertiary/aromatic N) is 2. The third-order valence-electron chi connectivity index (χ3n) is 3.25. The van der Waals surface area contributed by atoms with Crippen LogP contribution in [0, 0.1) is 6.92 Å². The van der Waals surface area contributed by atoms with Crippen molar-refractivity contribution in [2.45, 2.75) is 30.8 Å². The van der Waals surface area contributed by atoms with Crippen LogP contribution in [0.2, 0.25) is 0 Å². The van der Waals surface area contributed by atoms with Crippen LogP contribution in [0.4, 0.5) is 6.01 Å². The zero-order valence-electron chi connectivity index (χ0n) is 12.2. The first-order chi connectivity index (χ1) is 10.7. The molecule has 1 aliphatic heterocycles. The summed E-state index contributed by atoms with van der Waals surface area (Å²) in [5, 5.41) is 10.4. The lowest BCUT2D eigenvalue weighted by Crippen LogP contribution is -2.14. The molecule has 1 N–H and O–H groups in total. The Morgan fingerprint density at radius 1 is 1.45 bits per heavy atom. The second-order valence-corrected chi connectivity index (χ2v) is 6.15. The molecule has 6 nitrogen and oxygen atoms in total. The molecule has 1 fully saturated rings. The van der Waals surface area contributed by atoms with Crippen molar-refractivity contribution in [3.63, 3.8) is 0 Å². The van der Waals surface area contributed by atoms with Crippen LogP contribution in [0.1, 0.15) is 30.4 Å². The van der Waals surface area contributed by atoms with Crippen molar-refractivity contribution >= 4 is 23.7 Å². The van der Waals surface area contributed by atoms with Gasteiger partial charge in [0.1, 0.15) is 6.10 Å². The third kappa shape index (κ3) is 3.86. The lowest BCUT2D eigenvalue weighted by Gasteiger charge is -2.03. The van der Waals surface area contributed by atoms with Gasteiger partial charge in [0.25, 0.3) is 0 Å². The van der Waals surface area contributed by atoms with Gasteiger partial charge in [-0.25, -0.2) is 0 Å². The minimum absolute atomic E-state index is 0.125. The summed E-state index contributed by atoms with van der Waals surface area (Å²) in [6.07, 6.45) is 1.72. The van der Waals surface area contributed by atoms with E-state index < -0.39 is 0 Å². The van der Waals surface area contributed by atoms with Gasteiger partial charge in [0.05, 0.1) is 5.75 Å². The summed E-state index contributed by atoms with van der Waals surface area (Å²) in [4.78, 5) is 13.0. The lowest BCUT2D eigenvalue weighted by molar-refractivity contribution is -0.113. The highest BCUT2D eigenvalue weighted by atomic mass is 32.2. The van der Waals surface area contributed by atoms with E-state index in [4.69, 9.17) is 9.15 Å². The van der Waals surface area contributed by atoms with Crippen LogP contribution >= 0.6 is 11.8 Å². The predicted molar refractivity (Wildman–Crippen MR) is 82.8 cm³/mol. The van der Waals surface area contributed by atoms with Crippen molar-refractivity contribution in [3.8, 4) is 0 Å². The number of ether oxygens (including phenoxy) is 1. The summed E-state index contributed by atoms with van der Waals surface area (Å²) in [5.74, 6) is 0.550. The Kier molecular flexibility index (Phi) is 4.74. The predicted octanol–water partition coefficient (Wildman–Crippen LogP) is 2.96. The van der Waals surface area contributed by atoms with Gasteiger partial charge in [-0.2, -0.15) is 0 Å². The van der Waals surface area contributed by atoms with Crippen molar-refractivity contribution in [3.05, 3.63) is 35.7 Å². The number of carbonyl (C=O) groups is 1. The maximum atomic E-state index is 11.9. The van der Waals surface area contributed by atoms with Crippen LogP contribution < -0.4 is 5.32 Å². The van der Waals surface area contributed by atoms with Crippen LogP contribution in [0.3, 0.4) is 0 Å².